The third kappa shape index (κ3) is 7.64. The molecule has 0 aliphatic carbocycles. The first-order chi connectivity index (χ1) is 21.2. The second-order valence-electron chi connectivity index (χ2n) is 11.5. The largest absolute Gasteiger partial charge is 0.464 e. The normalized spacial score (nSPS) is 14.6. The minimum Gasteiger partial charge on any atom is -0.464 e. The number of nitrogens with one attached hydrogen (secondary N) is 2. The molecule has 0 unspecified atom stereocenters. The summed E-state index contributed by atoms with van der Waals surface area (Å²) in [7, 11) is 1.34. The smallest absolute Gasteiger partial charge is 0.356 e. The molecule has 9 nitrogen and oxygen atoms in total. The number of esters is 1. The van der Waals surface area contributed by atoms with Gasteiger partial charge >= 0.3 is 5.97 Å². The highest BCUT2D eigenvalue weighted by Gasteiger charge is 2.29. The van der Waals surface area contributed by atoms with Crippen LogP contribution in [-0.2, 0) is 33.8 Å². The molecule has 1 atom stereocenters. The Balaban J connectivity index is 1.43. The van der Waals surface area contributed by atoms with E-state index in [4.69, 9.17) is 14.5 Å². The lowest BCUT2D eigenvalue weighted by molar-refractivity contribution is -0.119. The van der Waals surface area contributed by atoms with Gasteiger partial charge in [0, 0.05) is 30.6 Å². The number of aliphatic hydroxyl groups is 1. The van der Waals surface area contributed by atoms with Crippen LogP contribution in [0.1, 0.15) is 53.9 Å². The highest BCUT2D eigenvalue weighted by Crippen LogP contribution is 2.34. The molecule has 1 saturated heterocycles. The van der Waals surface area contributed by atoms with Crippen molar-refractivity contribution >= 4 is 34.3 Å². The van der Waals surface area contributed by atoms with Crippen LogP contribution in [-0.4, -0.2) is 52.5 Å². The number of nitrogens with zero attached hydrogens (tertiary/aromatic N) is 2. The molecule has 1 fully saturated rings. The zero-order valence-corrected chi connectivity index (χ0v) is 25.4. The minimum absolute atomic E-state index is 0.192. The number of benzene rings is 2. The first-order valence-corrected chi connectivity index (χ1v) is 14.8. The van der Waals surface area contributed by atoms with Gasteiger partial charge in [-0.2, -0.15) is 0 Å². The summed E-state index contributed by atoms with van der Waals surface area (Å²) in [6.45, 7) is 5.22. The second-order valence-corrected chi connectivity index (χ2v) is 11.5. The average Bonchev–Trinajstić information content (AvgIpc) is 3.67. The maximum atomic E-state index is 13.2. The molecular formula is C35H38N4O5. The lowest BCUT2D eigenvalue weighted by Crippen LogP contribution is -2.24. The van der Waals surface area contributed by atoms with Crippen LogP contribution in [0.4, 0.5) is 11.4 Å². The quantitative estimate of drug-likeness (QED) is 0.172. The van der Waals surface area contributed by atoms with E-state index in [2.05, 4.69) is 34.6 Å². The van der Waals surface area contributed by atoms with Gasteiger partial charge in [-0.05, 0) is 62.4 Å². The number of methoxy groups -OCH3 is 1. The van der Waals surface area contributed by atoms with Crippen LogP contribution >= 0.6 is 0 Å². The fraction of sp³-hybridized carbons (Fsp3) is 0.343. The molecule has 0 radical (unpaired) electrons. The van der Waals surface area contributed by atoms with Crippen LogP contribution in [0, 0.1) is 17.8 Å². The van der Waals surface area contributed by atoms with Crippen LogP contribution in [0.5, 0.6) is 0 Å². The number of carbonyl (C=O) groups is 2. The highest BCUT2D eigenvalue weighted by molar-refractivity contribution is 6.11. The van der Waals surface area contributed by atoms with E-state index in [-0.39, 0.29) is 17.5 Å². The Morgan fingerprint density at radius 2 is 1.91 bits per heavy atom. The first kappa shape index (κ1) is 30.8. The molecule has 228 valence electrons. The van der Waals surface area contributed by atoms with E-state index in [1.807, 2.05) is 53.1 Å². The zero-order valence-electron chi connectivity index (χ0n) is 25.4. The van der Waals surface area contributed by atoms with E-state index in [9.17, 15) is 14.7 Å². The van der Waals surface area contributed by atoms with Gasteiger partial charge in [0.2, 0.25) is 5.91 Å². The fourth-order valence-electron chi connectivity index (χ4n) is 5.16. The summed E-state index contributed by atoms with van der Waals surface area (Å²) in [6.07, 6.45) is 3.95. The Kier molecular flexibility index (Phi) is 9.63. The van der Waals surface area contributed by atoms with Gasteiger partial charge in [-0.3, -0.25) is 4.79 Å². The topological polar surface area (TPSA) is 115 Å². The van der Waals surface area contributed by atoms with Crippen molar-refractivity contribution in [1.82, 2.24) is 9.55 Å². The van der Waals surface area contributed by atoms with Crippen LogP contribution in [0.2, 0.25) is 0 Å². The molecule has 2 aromatic carbocycles. The number of carbonyl (C=O) groups excluding carboxylic acids is 2. The summed E-state index contributed by atoms with van der Waals surface area (Å²) in [4.78, 5) is 31.2. The van der Waals surface area contributed by atoms with Crippen molar-refractivity contribution in [1.29, 1.82) is 0 Å². The fourth-order valence-corrected chi connectivity index (χ4v) is 5.16. The number of anilines is 2. The van der Waals surface area contributed by atoms with Gasteiger partial charge < -0.3 is 29.8 Å². The van der Waals surface area contributed by atoms with E-state index in [0.29, 0.717) is 49.4 Å². The number of hydrogen-bond donors (Lipinski definition) is 3. The molecule has 44 heavy (non-hydrogen) atoms. The molecule has 1 amide bonds. The molecule has 0 spiro atoms. The summed E-state index contributed by atoms with van der Waals surface area (Å²) < 4.78 is 12.5. The third-order valence-corrected chi connectivity index (χ3v) is 7.48. The predicted molar refractivity (Wildman–Crippen MR) is 170 cm³/mol. The van der Waals surface area contributed by atoms with Crippen LogP contribution in [0.15, 0.2) is 66.9 Å². The number of fused-ring (bicyclic) bond motifs is 1. The Labute approximate surface area is 257 Å². The maximum Gasteiger partial charge on any atom is 0.356 e. The molecule has 9 heteroatoms. The number of amides is 1. The van der Waals surface area contributed by atoms with Gasteiger partial charge in [0.15, 0.2) is 5.69 Å². The van der Waals surface area contributed by atoms with Gasteiger partial charge in [-0.1, -0.05) is 54.3 Å². The molecule has 5 rings (SSSR count). The third-order valence-electron chi connectivity index (χ3n) is 7.48. The Morgan fingerprint density at radius 1 is 1.14 bits per heavy atom. The maximum absolute atomic E-state index is 13.2. The van der Waals surface area contributed by atoms with E-state index >= 15 is 0 Å². The standard InChI is InChI=1S/C35H38N4O5/c1-35(2,42)17-15-25-11-13-26(14-12-25)21-36-28-20-29-30(38-33(40)27-16-19-44-23-27)31(34(41)43-3)39(32(29)37-22-28)18-7-10-24-8-5-4-6-9-24/h4-6,8-9,11-14,20,22,27,36,42H,7,10,16,18-19,21,23H2,1-3H3,(H,38,40)/t27-/m1/s1. The Bertz CT molecular complexity index is 1670. The van der Waals surface area contributed by atoms with E-state index in [1.54, 1.807) is 20.0 Å². The van der Waals surface area contributed by atoms with Crippen molar-refractivity contribution in [3.63, 3.8) is 0 Å². The monoisotopic (exact) mass is 594 g/mol. The van der Waals surface area contributed by atoms with Crippen molar-refractivity contribution in [2.24, 2.45) is 5.92 Å². The van der Waals surface area contributed by atoms with Crippen molar-refractivity contribution in [3.8, 4) is 11.8 Å². The molecule has 0 saturated carbocycles. The molecule has 4 aromatic rings. The molecule has 0 bridgehead atoms. The van der Waals surface area contributed by atoms with E-state index in [0.717, 1.165) is 29.7 Å². The molecule has 2 aromatic heterocycles. The summed E-state index contributed by atoms with van der Waals surface area (Å²) in [5, 5.41) is 16.9. The molecular weight excluding hydrogens is 556 g/mol. The van der Waals surface area contributed by atoms with Crippen LogP contribution in [0.3, 0.4) is 0 Å². The van der Waals surface area contributed by atoms with Gasteiger partial charge in [0.25, 0.3) is 0 Å². The molecule has 3 heterocycles. The minimum atomic E-state index is -1.05. The second kappa shape index (κ2) is 13.8. The summed E-state index contributed by atoms with van der Waals surface area (Å²) >= 11 is 0. The van der Waals surface area contributed by atoms with Crippen LogP contribution in [0.25, 0.3) is 11.0 Å². The number of aromatic nitrogens is 2. The van der Waals surface area contributed by atoms with Crippen molar-refractivity contribution in [2.45, 2.75) is 51.8 Å². The van der Waals surface area contributed by atoms with Gasteiger partial charge in [-0.15, -0.1) is 0 Å². The lowest BCUT2D eigenvalue weighted by Gasteiger charge is -2.12. The number of rotatable bonds is 10. The first-order valence-electron chi connectivity index (χ1n) is 14.8. The number of aryl methyl sites for hydroxylation is 2. The van der Waals surface area contributed by atoms with Gasteiger partial charge in [0.05, 0.1) is 37.2 Å². The number of ether oxygens (including phenoxy) is 2. The molecule has 1 aliphatic rings. The van der Waals surface area contributed by atoms with Crippen molar-refractivity contribution in [3.05, 3.63) is 89.2 Å². The summed E-state index contributed by atoms with van der Waals surface area (Å²) in [5.41, 5.74) is 4.00. The van der Waals surface area contributed by atoms with E-state index < -0.39 is 11.6 Å². The predicted octanol–water partition coefficient (Wildman–Crippen LogP) is 5.17. The average molecular weight is 595 g/mol. The van der Waals surface area contributed by atoms with Gasteiger partial charge in [0.1, 0.15) is 11.2 Å². The SMILES string of the molecule is COC(=O)c1c(NC(=O)[C@@H]2CCOC2)c2cc(NCc3ccc(C#CC(C)(C)O)cc3)cnc2n1CCCc1ccccc1. The molecule has 3 N–H and O–H groups in total. The Morgan fingerprint density at radius 3 is 2.59 bits per heavy atom. The Hall–Kier alpha value is -4.65. The lowest BCUT2D eigenvalue weighted by atomic mass is 10.1. The number of hydrogen-bond acceptors (Lipinski definition) is 7. The van der Waals surface area contributed by atoms with Crippen LogP contribution < -0.4 is 10.6 Å². The summed E-state index contributed by atoms with van der Waals surface area (Å²) in [5.74, 6) is 4.78. The zero-order chi connectivity index (χ0) is 31.1. The highest BCUT2D eigenvalue weighted by atomic mass is 16.5. The van der Waals surface area contributed by atoms with Crippen molar-refractivity contribution in [2.75, 3.05) is 31.0 Å². The number of pyridine rings is 1. The van der Waals surface area contributed by atoms with Crippen molar-refractivity contribution < 1.29 is 24.2 Å². The molecule has 1 aliphatic heterocycles. The van der Waals surface area contributed by atoms with Gasteiger partial charge in [-0.25, -0.2) is 9.78 Å². The summed E-state index contributed by atoms with van der Waals surface area (Å²) in [6, 6.07) is 19.9. The van der Waals surface area contributed by atoms with E-state index in [1.165, 1.54) is 12.7 Å².